The zero-order chi connectivity index (χ0) is 21.2. The van der Waals surface area contributed by atoms with Gasteiger partial charge in [-0.2, -0.15) is 0 Å². The molecule has 5 rings (SSSR count). The molecule has 1 aliphatic heterocycles. The molecule has 4 heteroatoms. The fourth-order valence-corrected chi connectivity index (χ4v) is 4.63. The third kappa shape index (κ3) is 3.90. The van der Waals surface area contributed by atoms with Crippen LogP contribution in [0.3, 0.4) is 0 Å². The molecule has 4 aromatic carbocycles. The lowest BCUT2D eigenvalue weighted by Crippen LogP contribution is -2.27. The lowest BCUT2D eigenvalue weighted by molar-refractivity contribution is -0.123. The van der Waals surface area contributed by atoms with Crippen LogP contribution in [0, 0.1) is 0 Å². The van der Waals surface area contributed by atoms with E-state index < -0.39 is 0 Å². The van der Waals surface area contributed by atoms with Crippen LogP contribution in [0.15, 0.2) is 102 Å². The third-order valence-corrected chi connectivity index (χ3v) is 6.30. The number of hydrogen-bond acceptors (Lipinski definition) is 3. The van der Waals surface area contributed by atoms with Crippen molar-refractivity contribution in [3.63, 3.8) is 0 Å². The lowest BCUT2D eigenvalue weighted by Gasteiger charge is -2.14. The minimum Gasteiger partial charge on any atom is -0.268 e. The van der Waals surface area contributed by atoms with Crippen molar-refractivity contribution in [1.29, 1.82) is 0 Å². The Bertz CT molecular complexity index is 1300. The highest BCUT2D eigenvalue weighted by atomic mass is 32.2. The smallest absolute Gasteiger partial charge is 0.268 e. The van der Waals surface area contributed by atoms with E-state index in [1.807, 2.05) is 84.9 Å². The van der Waals surface area contributed by atoms with Crippen molar-refractivity contribution in [3.05, 3.63) is 113 Å². The summed E-state index contributed by atoms with van der Waals surface area (Å²) in [5, 5.41) is 1.93. The van der Waals surface area contributed by atoms with E-state index >= 15 is 0 Å². The van der Waals surface area contributed by atoms with Crippen molar-refractivity contribution in [2.75, 3.05) is 0 Å². The van der Waals surface area contributed by atoms with Crippen molar-refractivity contribution in [2.24, 2.45) is 0 Å². The van der Waals surface area contributed by atoms with Crippen LogP contribution in [0.25, 0.3) is 28.0 Å². The van der Waals surface area contributed by atoms with Gasteiger partial charge >= 0.3 is 0 Å². The summed E-state index contributed by atoms with van der Waals surface area (Å²) in [7, 11) is 0. The molecule has 3 nitrogen and oxygen atoms in total. The number of benzene rings is 4. The second kappa shape index (κ2) is 8.25. The Morgan fingerprint density at radius 2 is 1.39 bits per heavy atom. The average Bonchev–Trinajstić information content (AvgIpc) is 3.08. The minimum absolute atomic E-state index is 0.231. The van der Waals surface area contributed by atoms with Crippen LogP contribution in [-0.4, -0.2) is 16.0 Å². The number of amides is 2. The van der Waals surface area contributed by atoms with E-state index in [0.29, 0.717) is 4.91 Å². The summed E-state index contributed by atoms with van der Waals surface area (Å²) in [5.41, 5.74) is 4.12. The molecule has 150 valence electrons. The molecular formula is C27H19NO2S. The van der Waals surface area contributed by atoms with Gasteiger partial charge in [0.05, 0.1) is 11.4 Å². The SMILES string of the molecule is O=C1S/C(=C\c2ccc(-c3ccccc3)cc2)C(=O)N1Cc1cccc2ccccc12. The molecular weight excluding hydrogens is 402 g/mol. The van der Waals surface area contributed by atoms with E-state index in [0.717, 1.165) is 44.8 Å². The molecule has 1 fully saturated rings. The summed E-state index contributed by atoms with van der Waals surface area (Å²) >= 11 is 1.00. The fourth-order valence-electron chi connectivity index (χ4n) is 3.79. The highest BCUT2D eigenvalue weighted by Crippen LogP contribution is 2.34. The summed E-state index contributed by atoms with van der Waals surface area (Å²) in [6.07, 6.45) is 1.79. The van der Waals surface area contributed by atoms with Gasteiger partial charge in [0.1, 0.15) is 0 Å². The van der Waals surface area contributed by atoms with Gasteiger partial charge in [-0.05, 0) is 50.9 Å². The monoisotopic (exact) mass is 421 g/mol. The van der Waals surface area contributed by atoms with E-state index in [2.05, 4.69) is 12.1 Å². The van der Waals surface area contributed by atoms with Crippen LogP contribution in [0.2, 0.25) is 0 Å². The largest absolute Gasteiger partial charge is 0.293 e. The topological polar surface area (TPSA) is 37.4 Å². The molecule has 0 radical (unpaired) electrons. The van der Waals surface area contributed by atoms with Gasteiger partial charge in [0.25, 0.3) is 11.1 Å². The zero-order valence-corrected chi connectivity index (χ0v) is 17.5. The molecule has 0 unspecified atom stereocenters. The van der Waals surface area contributed by atoms with E-state index in [-0.39, 0.29) is 17.7 Å². The lowest BCUT2D eigenvalue weighted by atomic mass is 10.0. The van der Waals surface area contributed by atoms with Crippen molar-refractivity contribution >= 4 is 39.8 Å². The van der Waals surface area contributed by atoms with Gasteiger partial charge in [-0.3, -0.25) is 14.5 Å². The Hall–Kier alpha value is -3.63. The molecule has 1 aliphatic rings. The molecule has 1 saturated heterocycles. The molecule has 0 bridgehead atoms. The van der Waals surface area contributed by atoms with Gasteiger partial charge in [-0.1, -0.05) is 97.1 Å². The Morgan fingerprint density at radius 3 is 2.19 bits per heavy atom. The molecule has 0 spiro atoms. The number of fused-ring (bicyclic) bond motifs is 1. The minimum atomic E-state index is -0.241. The van der Waals surface area contributed by atoms with Crippen LogP contribution >= 0.6 is 11.8 Å². The van der Waals surface area contributed by atoms with Crippen LogP contribution < -0.4 is 0 Å². The first-order chi connectivity index (χ1) is 15.2. The van der Waals surface area contributed by atoms with Gasteiger partial charge in [0, 0.05) is 0 Å². The van der Waals surface area contributed by atoms with Gasteiger partial charge in [0.2, 0.25) is 0 Å². The van der Waals surface area contributed by atoms with Gasteiger partial charge in [0.15, 0.2) is 0 Å². The summed E-state index contributed by atoms with van der Waals surface area (Å²) in [5.74, 6) is -0.241. The van der Waals surface area contributed by atoms with E-state index in [4.69, 9.17) is 0 Å². The van der Waals surface area contributed by atoms with Crippen LogP contribution in [0.4, 0.5) is 4.79 Å². The first-order valence-corrected chi connectivity index (χ1v) is 10.9. The molecule has 2 amide bonds. The highest BCUT2D eigenvalue weighted by Gasteiger charge is 2.35. The Morgan fingerprint density at radius 1 is 0.710 bits per heavy atom. The van der Waals surface area contributed by atoms with Crippen LogP contribution in [0.1, 0.15) is 11.1 Å². The Kier molecular flexibility index (Phi) is 5.14. The predicted octanol–water partition coefficient (Wildman–Crippen LogP) is 6.74. The number of hydrogen-bond donors (Lipinski definition) is 0. The van der Waals surface area contributed by atoms with Crippen molar-refractivity contribution in [3.8, 4) is 11.1 Å². The Labute approximate surface area is 185 Å². The number of carbonyl (C=O) groups is 2. The highest BCUT2D eigenvalue weighted by molar-refractivity contribution is 8.18. The van der Waals surface area contributed by atoms with Crippen molar-refractivity contribution in [1.82, 2.24) is 4.90 Å². The molecule has 0 N–H and O–H groups in total. The van der Waals surface area contributed by atoms with Crippen LogP contribution in [0.5, 0.6) is 0 Å². The standard InChI is InChI=1S/C27H19NO2S/c29-26-25(17-19-13-15-21(16-14-19)20-7-2-1-3-8-20)31-27(30)28(26)18-23-11-6-10-22-9-4-5-12-24(22)23/h1-17H,18H2/b25-17-. The number of nitrogens with zero attached hydrogens (tertiary/aromatic N) is 1. The Balaban J connectivity index is 1.38. The van der Waals surface area contributed by atoms with Crippen molar-refractivity contribution in [2.45, 2.75) is 6.54 Å². The van der Waals surface area contributed by atoms with Crippen LogP contribution in [-0.2, 0) is 11.3 Å². The molecule has 1 heterocycles. The predicted molar refractivity (Wildman–Crippen MR) is 127 cm³/mol. The molecule has 0 atom stereocenters. The van der Waals surface area contributed by atoms with Crippen molar-refractivity contribution < 1.29 is 9.59 Å². The summed E-state index contributed by atoms with van der Waals surface area (Å²) in [4.78, 5) is 27.3. The summed E-state index contributed by atoms with van der Waals surface area (Å²) in [6, 6.07) is 32.1. The quantitative estimate of drug-likeness (QED) is 0.342. The molecule has 0 aliphatic carbocycles. The molecule has 4 aromatic rings. The third-order valence-electron chi connectivity index (χ3n) is 5.40. The van der Waals surface area contributed by atoms with E-state index in [1.165, 1.54) is 4.90 Å². The number of imide groups is 1. The summed E-state index contributed by atoms with van der Waals surface area (Å²) in [6.45, 7) is 0.274. The maximum Gasteiger partial charge on any atom is 0.293 e. The fraction of sp³-hybridized carbons (Fsp3) is 0.0370. The average molecular weight is 422 g/mol. The van der Waals surface area contributed by atoms with Gasteiger partial charge in [-0.25, -0.2) is 0 Å². The first kappa shape index (κ1) is 19.3. The number of carbonyl (C=O) groups excluding carboxylic acids is 2. The normalized spacial score (nSPS) is 15.2. The maximum absolute atomic E-state index is 13.0. The molecule has 0 saturated carbocycles. The maximum atomic E-state index is 13.0. The molecule has 0 aromatic heterocycles. The second-order valence-corrected chi connectivity index (χ2v) is 8.39. The number of thioether (sulfide) groups is 1. The first-order valence-electron chi connectivity index (χ1n) is 10.1. The summed E-state index contributed by atoms with van der Waals surface area (Å²) < 4.78 is 0. The molecule has 31 heavy (non-hydrogen) atoms. The van der Waals surface area contributed by atoms with Gasteiger partial charge in [-0.15, -0.1) is 0 Å². The van der Waals surface area contributed by atoms with E-state index in [1.54, 1.807) is 6.08 Å². The zero-order valence-electron chi connectivity index (χ0n) is 16.7. The number of rotatable bonds is 4. The van der Waals surface area contributed by atoms with E-state index in [9.17, 15) is 9.59 Å². The second-order valence-electron chi connectivity index (χ2n) is 7.39. The van der Waals surface area contributed by atoms with Gasteiger partial charge < -0.3 is 0 Å².